The van der Waals surface area contributed by atoms with Gasteiger partial charge in [0.1, 0.15) is 17.2 Å². The second kappa shape index (κ2) is 12.9. The molecule has 4 aromatic rings. The van der Waals surface area contributed by atoms with Crippen LogP contribution in [-0.2, 0) is 30.3 Å². The summed E-state index contributed by atoms with van der Waals surface area (Å²) in [5.74, 6) is 0. The van der Waals surface area contributed by atoms with Crippen molar-refractivity contribution in [3.05, 3.63) is 119 Å². The summed E-state index contributed by atoms with van der Waals surface area (Å²) < 4.78 is 41.8. The number of hydrogen-bond donors (Lipinski definition) is 0. The highest BCUT2D eigenvalue weighted by Crippen LogP contribution is 2.50. The number of fused-ring (bicyclic) bond motifs is 6. The average Bonchev–Trinajstić information content (AvgIpc) is 3.41. The highest BCUT2D eigenvalue weighted by atomic mass is 32.2. The lowest BCUT2D eigenvalue weighted by Gasteiger charge is -2.25. The van der Waals surface area contributed by atoms with E-state index in [-0.39, 0.29) is 15.7 Å². The van der Waals surface area contributed by atoms with Crippen LogP contribution >= 0.6 is 12.0 Å². The molecular formula is C41H41N2O6S2-. The molecule has 0 atom stereocenters. The molecule has 0 unspecified atom stereocenters. The molecule has 0 aromatic heterocycles. The van der Waals surface area contributed by atoms with Crippen molar-refractivity contribution in [2.24, 2.45) is 0 Å². The van der Waals surface area contributed by atoms with Crippen molar-refractivity contribution < 1.29 is 32.2 Å². The number of rotatable bonds is 7. The van der Waals surface area contributed by atoms with Crippen LogP contribution in [0.1, 0.15) is 65.0 Å². The second-order valence-electron chi connectivity index (χ2n) is 14.7. The molecule has 51 heavy (non-hydrogen) atoms. The fourth-order valence-corrected chi connectivity index (χ4v) is 9.46. The number of benzene rings is 4. The Balaban J connectivity index is 1.19. The standard InChI is InChI=1S/C41H42N2O6S2/c1-25-26(13-21-36-40(2,3)38-32-17-15-30(50-49-48-44)23-28(32)11-19-34(38)42(36)6)9-8-10-27(25)14-22-37-41(4,5)39-33-18-16-31(51(45,46)47)24-29(33)12-20-35(39)43(37)7/h11-24H,8-10H2,1-7H3,(H-,44,45,46,47)/p-1. The minimum Gasteiger partial charge on any atom is -0.744 e. The van der Waals surface area contributed by atoms with E-state index in [1.807, 2.05) is 24.3 Å². The van der Waals surface area contributed by atoms with E-state index in [9.17, 15) is 18.2 Å². The maximum absolute atomic E-state index is 11.7. The van der Waals surface area contributed by atoms with E-state index in [0.717, 1.165) is 69.3 Å². The van der Waals surface area contributed by atoms with E-state index in [1.165, 1.54) is 51.2 Å². The van der Waals surface area contributed by atoms with Crippen molar-refractivity contribution >= 4 is 60.8 Å². The summed E-state index contributed by atoms with van der Waals surface area (Å²) >= 11 is 0.900. The van der Waals surface area contributed by atoms with Gasteiger partial charge in [-0.25, -0.2) is 8.42 Å². The molecule has 0 bridgehead atoms. The molecule has 264 valence electrons. The molecule has 2 aliphatic heterocycles. The molecule has 0 fully saturated rings. The van der Waals surface area contributed by atoms with Crippen LogP contribution in [0.25, 0.3) is 21.5 Å². The van der Waals surface area contributed by atoms with Crippen molar-refractivity contribution in [3.8, 4) is 0 Å². The predicted octanol–water partition coefficient (Wildman–Crippen LogP) is 8.43. The maximum atomic E-state index is 11.7. The fraction of sp³-hybridized carbons (Fsp3) is 0.293. The molecule has 0 amide bonds. The van der Waals surface area contributed by atoms with E-state index in [2.05, 4.69) is 110 Å². The van der Waals surface area contributed by atoms with Crippen LogP contribution in [-0.4, -0.2) is 37.4 Å². The number of likely N-dealkylation sites (N-methyl/N-ethyl adjacent to an activating group) is 1. The Morgan fingerprint density at radius 3 is 2.33 bits per heavy atom. The molecule has 0 radical (unpaired) electrons. The Hall–Kier alpha value is -4.03. The molecule has 0 spiro atoms. The van der Waals surface area contributed by atoms with Crippen molar-refractivity contribution in [2.45, 2.75) is 74.5 Å². The SMILES string of the molecule is CC1=C(/C=C/C2=[N+](C)c3ccc4cc(S(=O)(=O)[O-])ccc4c3C2(C)C)CCC/C1=C\C=C1\N(C)c2ccc3cc(SOO[O-])ccc3c2C1(C)C. The number of nitrogens with zero attached hydrogens (tertiary/aromatic N) is 2. The van der Waals surface area contributed by atoms with Crippen LogP contribution in [0.2, 0.25) is 0 Å². The van der Waals surface area contributed by atoms with Gasteiger partial charge in [0, 0.05) is 46.4 Å². The second-order valence-corrected chi connectivity index (χ2v) is 16.8. The number of hydrogen-bond acceptors (Lipinski definition) is 8. The molecule has 7 rings (SSSR count). The minimum atomic E-state index is -4.54. The Kier molecular flexibility index (Phi) is 8.93. The van der Waals surface area contributed by atoms with Gasteiger partial charge in [-0.15, -0.1) is 0 Å². The first-order valence-electron chi connectivity index (χ1n) is 17.0. The van der Waals surface area contributed by atoms with Gasteiger partial charge in [-0.1, -0.05) is 44.2 Å². The van der Waals surface area contributed by atoms with Crippen LogP contribution in [0.5, 0.6) is 0 Å². The lowest BCUT2D eigenvalue weighted by atomic mass is 9.78. The van der Waals surface area contributed by atoms with Crippen LogP contribution in [0.15, 0.2) is 117 Å². The molecule has 3 aliphatic rings. The lowest BCUT2D eigenvalue weighted by Crippen LogP contribution is -2.27. The number of anilines is 1. The highest BCUT2D eigenvalue weighted by Gasteiger charge is 2.44. The van der Waals surface area contributed by atoms with Gasteiger partial charge in [-0.05, 0) is 126 Å². The van der Waals surface area contributed by atoms with Gasteiger partial charge < -0.3 is 14.7 Å². The summed E-state index contributed by atoms with van der Waals surface area (Å²) in [5.41, 5.74) is 10.4. The van der Waals surface area contributed by atoms with Crippen LogP contribution in [0, 0.1) is 0 Å². The Labute approximate surface area is 303 Å². The maximum Gasteiger partial charge on any atom is 0.210 e. The van der Waals surface area contributed by atoms with Crippen LogP contribution < -0.4 is 10.2 Å². The topological polar surface area (TPSA) is 105 Å². The van der Waals surface area contributed by atoms with Gasteiger partial charge in [-0.2, -0.15) is 8.91 Å². The first-order chi connectivity index (χ1) is 24.1. The number of allylic oxidation sites excluding steroid dienone is 8. The van der Waals surface area contributed by atoms with Gasteiger partial charge in [0.25, 0.3) is 0 Å². The monoisotopic (exact) mass is 721 g/mol. The largest absolute Gasteiger partial charge is 0.744 e. The quantitative estimate of drug-likeness (QED) is 0.0616. The summed E-state index contributed by atoms with van der Waals surface area (Å²) in [4.78, 5) is 2.88. The van der Waals surface area contributed by atoms with Gasteiger partial charge >= 0.3 is 0 Å². The lowest BCUT2D eigenvalue weighted by molar-refractivity contribution is -0.777. The van der Waals surface area contributed by atoms with E-state index >= 15 is 0 Å². The average molecular weight is 722 g/mol. The van der Waals surface area contributed by atoms with Crippen LogP contribution in [0.3, 0.4) is 0 Å². The Morgan fingerprint density at radius 1 is 0.882 bits per heavy atom. The molecule has 0 N–H and O–H groups in total. The van der Waals surface area contributed by atoms with Crippen molar-refractivity contribution in [1.82, 2.24) is 0 Å². The smallest absolute Gasteiger partial charge is 0.210 e. The Bertz CT molecular complexity index is 2400. The van der Waals surface area contributed by atoms with Crippen molar-refractivity contribution in [2.75, 3.05) is 19.0 Å². The minimum absolute atomic E-state index is 0.211. The molecule has 1 aliphatic carbocycles. The predicted molar refractivity (Wildman–Crippen MR) is 201 cm³/mol. The van der Waals surface area contributed by atoms with Crippen molar-refractivity contribution in [1.29, 1.82) is 0 Å². The Morgan fingerprint density at radius 2 is 1.59 bits per heavy atom. The van der Waals surface area contributed by atoms with Gasteiger partial charge in [0.05, 0.1) is 22.4 Å². The summed E-state index contributed by atoms with van der Waals surface area (Å²) in [7, 11) is -0.330. The van der Waals surface area contributed by atoms with E-state index in [4.69, 9.17) is 0 Å². The summed E-state index contributed by atoms with van der Waals surface area (Å²) in [5, 5.41) is 17.8. The first kappa shape index (κ1) is 35.4. The zero-order chi connectivity index (χ0) is 36.5. The van der Waals surface area contributed by atoms with E-state index in [0.29, 0.717) is 0 Å². The van der Waals surface area contributed by atoms with E-state index < -0.39 is 10.1 Å². The van der Waals surface area contributed by atoms with E-state index in [1.54, 1.807) is 6.07 Å². The molecule has 8 nitrogen and oxygen atoms in total. The van der Waals surface area contributed by atoms with Crippen molar-refractivity contribution in [3.63, 3.8) is 0 Å². The fourth-order valence-electron chi connectivity index (χ4n) is 8.55. The molecular weight excluding hydrogens is 681 g/mol. The first-order valence-corrected chi connectivity index (χ1v) is 19.2. The van der Waals surface area contributed by atoms with Gasteiger partial charge in [0.2, 0.25) is 5.69 Å². The molecule has 2 heterocycles. The molecule has 0 saturated carbocycles. The zero-order valence-electron chi connectivity index (χ0n) is 29.9. The summed E-state index contributed by atoms with van der Waals surface area (Å²) in [6.45, 7) is 11.2. The molecule has 10 heteroatoms. The molecule has 0 saturated heterocycles. The third-order valence-corrected chi connectivity index (χ3v) is 12.5. The van der Waals surface area contributed by atoms with Crippen LogP contribution in [0.4, 0.5) is 11.4 Å². The summed E-state index contributed by atoms with van der Waals surface area (Å²) in [6, 6.07) is 18.9. The normalized spacial score (nSPS) is 20.1. The third-order valence-electron chi connectivity index (χ3n) is 11.1. The van der Waals surface area contributed by atoms with Gasteiger partial charge in [0.15, 0.2) is 5.71 Å². The third kappa shape index (κ3) is 5.97. The molecule has 4 aromatic carbocycles. The summed E-state index contributed by atoms with van der Waals surface area (Å²) in [6.07, 6.45) is 12.2. The zero-order valence-corrected chi connectivity index (χ0v) is 31.5. The van der Waals surface area contributed by atoms with Gasteiger partial charge in [-0.3, -0.25) is 5.04 Å². The highest BCUT2D eigenvalue weighted by molar-refractivity contribution is 7.94.